The van der Waals surface area contributed by atoms with E-state index in [0.717, 1.165) is 24.7 Å². The SMILES string of the molecule is O=C(NC1C2CCCC21)C1CCC1. The highest BCUT2D eigenvalue weighted by molar-refractivity contribution is 5.80. The Morgan fingerprint density at radius 1 is 1.00 bits per heavy atom. The van der Waals surface area contributed by atoms with Gasteiger partial charge in [-0.05, 0) is 37.5 Å². The van der Waals surface area contributed by atoms with Gasteiger partial charge in [0.05, 0.1) is 0 Å². The van der Waals surface area contributed by atoms with E-state index in [-0.39, 0.29) is 0 Å². The normalized spacial score (nSPS) is 42.3. The molecule has 0 bridgehead atoms. The summed E-state index contributed by atoms with van der Waals surface area (Å²) in [6.45, 7) is 0. The quantitative estimate of drug-likeness (QED) is 0.687. The molecule has 0 saturated heterocycles. The van der Waals surface area contributed by atoms with Gasteiger partial charge in [0.15, 0.2) is 0 Å². The number of nitrogens with one attached hydrogen (secondary N) is 1. The third kappa shape index (κ3) is 1.18. The van der Waals surface area contributed by atoms with E-state index in [1.807, 2.05) is 0 Å². The number of hydrogen-bond donors (Lipinski definition) is 1. The van der Waals surface area contributed by atoms with Crippen molar-refractivity contribution in [3.8, 4) is 0 Å². The van der Waals surface area contributed by atoms with Crippen LogP contribution in [0.15, 0.2) is 0 Å². The van der Waals surface area contributed by atoms with E-state index in [9.17, 15) is 4.79 Å². The average Bonchev–Trinajstić information content (AvgIpc) is 2.50. The highest BCUT2D eigenvalue weighted by Crippen LogP contribution is 2.52. The minimum Gasteiger partial charge on any atom is -0.353 e. The Kier molecular flexibility index (Phi) is 1.64. The van der Waals surface area contributed by atoms with Crippen molar-refractivity contribution >= 4 is 5.91 Å². The Morgan fingerprint density at radius 3 is 2.15 bits per heavy atom. The molecule has 2 atom stereocenters. The molecule has 0 aliphatic heterocycles. The minimum atomic E-state index is 0.352. The molecule has 3 aliphatic carbocycles. The lowest BCUT2D eigenvalue weighted by atomic mass is 9.85. The first-order chi connectivity index (χ1) is 6.36. The Morgan fingerprint density at radius 2 is 1.62 bits per heavy atom. The average molecular weight is 179 g/mol. The molecule has 0 aromatic rings. The molecule has 1 N–H and O–H groups in total. The molecule has 0 radical (unpaired) electrons. The summed E-state index contributed by atoms with van der Waals surface area (Å²) in [6, 6.07) is 0.585. The van der Waals surface area contributed by atoms with Crippen LogP contribution in [0.1, 0.15) is 38.5 Å². The Balaban J connectivity index is 1.50. The lowest BCUT2D eigenvalue weighted by Crippen LogP contribution is -2.37. The molecule has 0 aromatic heterocycles. The van der Waals surface area contributed by atoms with E-state index in [4.69, 9.17) is 0 Å². The van der Waals surface area contributed by atoms with E-state index in [1.165, 1.54) is 25.7 Å². The van der Waals surface area contributed by atoms with Crippen LogP contribution in [0.3, 0.4) is 0 Å². The zero-order valence-corrected chi connectivity index (χ0v) is 7.96. The van der Waals surface area contributed by atoms with Gasteiger partial charge in [-0.15, -0.1) is 0 Å². The van der Waals surface area contributed by atoms with Crippen LogP contribution in [0.5, 0.6) is 0 Å². The van der Waals surface area contributed by atoms with Crippen molar-refractivity contribution in [2.45, 2.75) is 44.6 Å². The fourth-order valence-electron chi connectivity index (χ4n) is 2.99. The van der Waals surface area contributed by atoms with Gasteiger partial charge in [0.25, 0.3) is 0 Å². The van der Waals surface area contributed by atoms with Gasteiger partial charge in [-0.2, -0.15) is 0 Å². The number of hydrogen-bond acceptors (Lipinski definition) is 1. The van der Waals surface area contributed by atoms with Gasteiger partial charge in [0.1, 0.15) is 0 Å². The predicted octanol–water partition coefficient (Wildman–Crippen LogP) is 1.70. The van der Waals surface area contributed by atoms with Gasteiger partial charge in [-0.25, -0.2) is 0 Å². The van der Waals surface area contributed by atoms with Gasteiger partial charge in [0, 0.05) is 12.0 Å². The Bertz CT molecular complexity index is 224. The van der Waals surface area contributed by atoms with Crippen LogP contribution in [0.25, 0.3) is 0 Å². The second-order valence-electron chi connectivity index (χ2n) is 4.92. The molecule has 2 heteroatoms. The van der Waals surface area contributed by atoms with Crippen molar-refractivity contribution in [1.29, 1.82) is 0 Å². The van der Waals surface area contributed by atoms with Crippen LogP contribution in [0.2, 0.25) is 0 Å². The van der Waals surface area contributed by atoms with Gasteiger partial charge in [-0.3, -0.25) is 4.79 Å². The van der Waals surface area contributed by atoms with Crippen molar-refractivity contribution in [1.82, 2.24) is 5.32 Å². The van der Waals surface area contributed by atoms with Crippen molar-refractivity contribution < 1.29 is 4.79 Å². The summed E-state index contributed by atoms with van der Waals surface area (Å²) < 4.78 is 0. The number of amides is 1. The van der Waals surface area contributed by atoms with Gasteiger partial charge in [0.2, 0.25) is 5.91 Å². The van der Waals surface area contributed by atoms with Crippen molar-refractivity contribution in [2.24, 2.45) is 17.8 Å². The number of carbonyl (C=O) groups excluding carboxylic acids is 1. The summed E-state index contributed by atoms with van der Waals surface area (Å²) in [4.78, 5) is 11.6. The molecule has 2 nitrogen and oxygen atoms in total. The van der Waals surface area contributed by atoms with Gasteiger partial charge < -0.3 is 5.32 Å². The molecule has 0 heterocycles. The molecule has 0 spiro atoms. The largest absolute Gasteiger partial charge is 0.353 e. The lowest BCUT2D eigenvalue weighted by Gasteiger charge is -2.24. The highest BCUT2D eigenvalue weighted by atomic mass is 16.2. The van der Waals surface area contributed by atoms with Crippen molar-refractivity contribution in [3.63, 3.8) is 0 Å². The van der Waals surface area contributed by atoms with Crippen LogP contribution in [0.4, 0.5) is 0 Å². The first-order valence-corrected chi connectivity index (χ1v) is 5.66. The molecular formula is C11H17NO. The summed E-state index contributed by atoms with van der Waals surface area (Å²) in [5.41, 5.74) is 0. The summed E-state index contributed by atoms with van der Waals surface area (Å²) >= 11 is 0. The van der Waals surface area contributed by atoms with E-state index in [2.05, 4.69) is 5.32 Å². The summed E-state index contributed by atoms with van der Waals surface area (Å²) in [7, 11) is 0. The molecule has 0 aromatic carbocycles. The maximum Gasteiger partial charge on any atom is 0.223 e. The standard InChI is InChI=1S/C11H17NO/c13-11(7-3-1-4-7)12-10-8-5-2-6-9(8)10/h7-10H,1-6H2,(H,12,13). The molecule has 2 unspecified atom stereocenters. The molecule has 3 aliphatic rings. The monoisotopic (exact) mass is 179 g/mol. The molecule has 72 valence electrons. The van der Waals surface area contributed by atoms with E-state index < -0.39 is 0 Å². The first-order valence-electron chi connectivity index (χ1n) is 5.66. The molecular weight excluding hydrogens is 162 g/mol. The number of fused-ring (bicyclic) bond motifs is 1. The second kappa shape index (κ2) is 2.73. The molecule has 1 amide bonds. The van der Waals surface area contributed by atoms with E-state index in [0.29, 0.717) is 17.9 Å². The molecule has 3 fully saturated rings. The Labute approximate surface area is 79.1 Å². The molecule has 13 heavy (non-hydrogen) atoms. The minimum absolute atomic E-state index is 0.352. The first kappa shape index (κ1) is 7.84. The summed E-state index contributed by atoms with van der Waals surface area (Å²) in [5, 5.41) is 3.22. The smallest absolute Gasteiger partial charge is 0.223 e. The third-order valence-corrected chi connectivity index (χ3v) is 4.19. The zero-order valence-electron chi connectivity index (χ0n) is 7.96. The third-order valence-electron chi connectivity index (χ3n) is 4.19. The number of carbonyl (C=O) groups is 1. The zero-order chi connectivity index (χ0) is 8.84. The molecule has 3 rings (SSSR count). The van der Waals surface area contributed by atoms with Crippen molar-refractivity contribution in [2.75, 3.05) is 0 Å². The number of rotatable bonds is 2. The van der Waals surface area contributed by atoms with Crippen LogP contribution in [-0.2, 0) is 4.79 Å². The van der Waals surface area contributed by atoms with E-state index >= 15 is 0 Å². The maximum absolute atomic E-state index is 11.6. The van der Waals surface area contributed by atoms with Crippen LogP contribution in [0, 0.1) is 17.8 Å². The summed E-state index contributed by atoms with van der Waals surface area (Å²) in [6.07, 6.45) is 7.64. The Hall–Kier alpha value is -0.530. The van der Waals surface area contributed by atoms with Crippen LogP contribution < -0.4 is 5.32 Å². The predicted molar refractivity (Wildman–Crippen MR) is 50.1 cm³/mol. The van der Waals surface area contributed by atoms with Crippen LogP contribution >= 0.6 is 0 Å². The molecule has 3 saturated carbocycles. The van der Waals surface area contributed by atoms with Crippen molar-refractivity contribution in [3.05, 3.63) is 0 Å². The maximum atomic E-state index is 11.6. The fourth-order valence-corrected chi connectivity index (χ4v) is 2.99. The highest BCUT2D eigenvalue weighted by Gasteiger charge is 2.53. The summed E-state index contributed by atoms with van der Waals surface area (Å²) in [5.74, 6) is 2.46. The topological polar surface area (TPSA) is 29.1 Å². The lowest BCUT2D eigenvalue weighted by molar-refractivity contribution is -0.127. The second-order valence-corrected chi connectivity index (χ2v) is 4.92. The van der Waals surface area contributed by atoms with Gasteiger partial charge in [-0.1, -0.05) is 12.8 Å². The van der Waals surface area contributed by atoms with Crippen LogP contribution in [-0.4, -0.2) is 11.9 Å². The van der Waals surface area contributed by atoms with E-state index in [1.54, 1.807) is 0 Å². The van der Waals surface area contributed by atoms with Gasteiger partial charge >= 0.3 is 0 Å². The fraction of sp³-hybridized carbons (Fsp3) is 0.909.